The number of hydrogen-bond acceptors (Lipinski definition) is 4. The van der Waals surface area contributed by atoms with Crippen molar-refractivity contribution in [3.05, 3.63) is 64.7 Å². The van der Waals surface area contributed by atoms with Gasteiger partial charge in [-0.1, -0.05) is 29.8 Å². The molecule has 2 aromatic rings. The lowest BCUT2D eigenvalue weighted by molar-refractivity contribution is 0.0162. The molecule has 1 saturated heterocycles. The first-order valence-electron chi connectivity index (χ1n) is 10.6. The van der Waals surface area contributed by atoms with E-state index in [2.05, 4.69) is 40.4 Å². The van der Waals surface area contributed by atoms with Crippen LogP contribution in [0.5, 0.6) is 0 Å². The number of nitrogens with one attached hydrogen (secondary N) is 1. The van der Waals surface area contributed by atoms with E-state index in [0.717, 1.165) is 44.8 Å². The number of carbonyl (C=O) groups is 1. The summed E-state index contributed by atoms with van der Waals surface area (Å²) in [6.45, 7) is 7.02. The van der Waals surface area contributed by atoms with Gasteiger partial charge in [0.2, 0.25) is 0 Å². The van der Waals surface area contributed by atoms with Crippen molar-refractivity contribution in [3.63, 3.8) is 0 Å². The summed E-state index contributed by atoms with van der Waals surface area (Å²) in [5, 5.41) is 3.17. The number of carbonyl (C=O) groups excluding carboxylic acids is 1. The van der Waals surface area contributed by atoms with Crippen molar-refractivity contribution in [1.29, 1.82) is 0 Å². The highest BCUT2D eigenvalue weighted by atomic mass is 16.5. The fraction of sp³-hybridized carbons (Fsp3) is 0.458. The molecule has 0 aromatic heterocycles. The van der Waals surface area contributed by atoms with Gasteiger partial charge in [-0.2, -0.15) is 0 Å². The maximum absolute atomic E-state index is 12.7. The highest BCUT2D eigenvalue weighted by Crippen LogP contribution is 2.31. The molecule has 1 N–H and O–H groups in total. The molecule has 2 aromatic carbocycles. The first kappa shape index (κ1) is 19.9. The van der Waals surface area contributed by atoms with Crippen LogP contribution >= 0.6 is 0 Å². The number of amides is 1. The molecule has 5 heteroatoms. The van der Waals surface area contributed by atoms with Crippen molar-refractivity contribution in [2.24, 2.45) is 0 Å². The van der Waals surface area contributed by atoms with Crippen LogP contribution in [0.25, 0.3) is 0 Å². The first-order valence-corrected chi connectivity index (χ1v) is 10.6. The minimum atomic E-state index is -0.0130. The summed E-state index contributed by atoms with van der Waals surface area (Å²) in [6, 6.07) is 14.7. The van der Waals surface area contributed by atoms with Crippen molar-refractivity contribution >= 4 is 11.6 Å². The van der Waals surface area contributed by atoms with Gasteiger partial charge >= 0.3 is 0 Å². The van der Waals surface area contributed by atoms with E-state index in [1.165, 1.54) is 23.2 Å². The number of fused-ring (bicyclic) bond motifs is 1. The molecule has 154 valence electrons. The number of benzene rings is 2. The number of ether oxygens (including phenoxy) is 1. The first-order chi connectivity index (χ1) is 14.1. The molecule has 29 heavy (non-hydrogen) atoms. The van der Waals surface area contributed by atoms with Gasteiger partial charge in [-0.15, -0.1) is 0 Å². The predicted molar refractivity (Wildman–Crippen MR) is 117 cm³/mol. The van der Waals surface area contributed by atoms with Crippen molar-refractivity contribution < 1.29 is 9.53 Å². The Morgan fingerprint density at radius 2 is 1.86 bits per heavy atom. The van der Waals surface area contributed by atoms with Gasteiger partial charge in [0.1, 0.15) is 0 Å². The summed E-state index contributed by atoms with van der Waals surface area (Å²) in [5.74, 6) is -0.0130. The third kappa shape index (κ3) is 4.62. The van der Waals surface area contributed by atoms with E-state index in [4.69, 9.17) is 4.74 Å². The van der Waals surface area contributed by atoms with Crippen LogP contribution in [0, 0.1) is 6.92 Å². The van der Waals surface area contributed by atoms with Crippen molar-refractivity contribution in [2.75, 3.05) is 51.3 Å². The summed E-state index contributed by atoms with van der Waals surface area (Å²) in [4.78, 5) is 17.5. The zero-order valence-corrected chi connectivity index (χ0v) is 17.5. The zero-order chi connectivity index (χ0) is 20.2. The topological polar surface area (TPSA) is 44.8 Å². The third-order valence-corrected chi connectivity index (χ3v) is 6.10. The smallest absolute Gasteiger partial charge is 0.251 e. The van der Waals surface area contributed by atoms with Gasteiger partial charge in [0, 0.05) is 44.5 Å². The Kier molecular flexibility index (Phi) is 6.16. The Morgan fingerprint density at radius 1 is 1.10 bits per heavy atom. The maximum atomic E-state index is 12.7. The number of morpholine rings is 1. The second-order valence-corrected chi connectivity index (χ2v) is 8.15. The van der Waals surface area contributed by atoms with E-state index in [0.29, 0.717) is 12.1 Å². The number of aryl methyl sites for hydroxylation is 2. The minimum Gasteiger partial charge on any atom is -0.379 e. The second kappa shape index (κ2) is 8.97. The fourth-order valence-corrected chi connectivity index (χ4v) is 4.36. The molecule has 0 aliphatic carbocycles. The molecule has 1 atom stereocenters. The van der Waals surface area contributed by atoms with Gasteiger partial charge in [0.25, 0.3) is 5.91 Å². The van der Waals surface area contributed by atoms with Crippen LogP contribution in [0.2, 0.25) is 0 Å². The highest BCUT2D eigenvalue weighted by molar-refractivity contribution is 5.94. The average molecular weight is 394 g/mol. The van der Waals surface area contributed by atoms with Gasteiger partial charge in [-0.05, 0) is 49.1 Å². The van der Waals surface area contributed by atoms with Crippen LogP contribution in [-0.2, 0) is 11.2 Å². The maximum Gasteiger partial charge on any atom is 0.251 e. The fourth-order valence-electron chi connectivity index (χ4n) is 4.36. The van der Waals surface area contributed by atoms with Crippen LogP contribution < -0.4 is 10.2 Å². The van der Waals surface area contributed by atoms with Gasteiger partial charge in [0.05, 0.1) is 19.3 Å². The highest BCUT2D eigenvalue weighted by Gasteiger charge is 2.25. The molecule has 0 saturated carbocycles. The molecule has 4 rings (SSSR count). The molecule has 2 heterocycles. The lowest BCUT2D eigenvalue weighted by atomic mass is 9.95. The Morgan fingerprint density at radius 3 is 2.62 bits per heavy atom. The third-order valence-electron chi connectivity index (χ3n) is 6.10. The van der Waals surface area contributed by atoms with Gasteiger partial charge in [0.15, 0.2) is 0 Å². The van der Waals surface area contributed by atoms with E-state index in [1.54, 1.807) is 0 Å². The summed E-state index contributed by atoms with van der Waals surface area (Å²) in [5.41, 5.74) is 5.91. The molecule has 2 aliphatic rings. The predicted octanol–water partition coefficient (Wildman–Crippen LogP) is 3.18. The van der Waals surface area contributed by atoms with E-state index in [-0.39, 0.29) is 11.9 Å². The Balaban J connectivity index is 1.53. The number of nitrogens with zero attached hydrogens (tertiary/aromatic N) is 2. The summed E-state index contributed by atoms with van der Waals surface area (Å²) in [7, 11) is 2.17. The van der Waals surface area contributed by atoms with E-state index in [1.807, 2.05) is 31.2 Å². The minimum absolute atomic E-state index is 0.0130. The van der Waals surface area contributed by atoms with Gasteiger partial charge in [-0.25, -0.2) is 0 Å². The van der Waals surface area contributed by atoms with Gasteiger partial charge < -0.3 is 15.0 Å². The van der Waals surface area contributed by atoms with E-state index >= 15 is 0 Å². The largest absolute Gasteiger partial charge is 0.379 e. The SMILES string of the molecule is Cc1ccc(C(=O)NC[C@@H](c2ccc3c(c2)CCCN3C)N2CCOCC2)cc1. The van der Waals surface area contributed by atoms with Crippen LogP contribution in [0.1, 0.15) is 39.5 Å². The molecule has 0 radical (unpaired) electrons. The van der Waals surface area contributed by atoms with E-state index < -0.39 is 0 Å². The molecular formula is C24H31N3O2. The Bertz CT molecular complexity index is 844. The molecule has 1 amide bonds. The van der Waals surface area contributed by atoms with Crippen LogP contribution in [-0.4, -0.2) is 57.2 Å². The lowest BCUT2D eigenvalue weighted by Crippen LogP contribution is -2.44. The van der Waals surface area contributed by atoms with Crippen molar-refractivity contribution in [3.8, 4) is 0 Å². The van der Waals surface area contributed by atoms with Crippen LogP contribution in [0.3, 0.4) is 0 Å². The normalized spacial score (nSPS) is 18.2. The summed E-state index contributed by atoms with van der Waals surface area (Å²) < 4.78 is 5.56. The second-order valence-electron chi connectivity index (χ2n) is 8.15. The monoisotopic (exact) mass is 393 g/mol. The zero-order valence-electron chi connectivity index (χ0n) is 17.5. The molecular weight excluding hydrogens is 362 g/mol. The number of anilines is 1. The molecule has 2 aliphatic heterocycles. The molecule has 1 fully saturated rings. The van der Waals surface area contributed by atoms with Crippen molar-refractivity contribution in [2.45, 2.75) is 25.8 Å². The van der Waals surface area contributed by atoms with E-state index in [9.17, 15) is 4.79 Å². The van der Waals surface area contributed by atoms with Crippen molar-refractivity contribution in [1.82, 2.24) is 10.2 Å². The van der Waals surface area contributed by atoms with Gasteiger partial charge in [-0.3, -0.25) is 9.69 Å². The Hall–Kier alpha value is -2.37. The molecule has 0 bridgehead atoms. The molecule has 0 spiro atoms. The molecule has 5 nitrogen and oxygen atoms in total. The number of rotatable bonds is 5. The average Bonchev–Trinajstić information content (AvgIpc) is 2.75. The van der Waals surface area contributed by atoms with Crippen LogP contribution in [0.15, 0.2) is 42.5 Å². The Labute approximate surface area is 173 Å². The summed E-state index contributed by atoms with van der Waals surface area (Å²) >= 11 is 0. The summed E-state index contributed by atoms with van der Waals surface area (Å²) in [6.07, 6.45) is 2.32. The lowest BCUT2D eigenvalue weighted by Gasteiger charge is -2.36. The number of hydrogen-bond donors (Lipinski definition) is 1. The van der Waals surface area contributed by atoms with Crippen LogP contribution in [0.4, 0.5) is 5.69 Å². The quantitative estimate of drug-likeness (QED) is 0.848. The standard InChI is InChI=1S/C24H31N3O2/c1-18-5-7-19(8-6-18)24(28)25-17-23(27-12-14-29-15-13-27)21-9-10-22-20(16-21)4-3-11-26(22)2/h5-10,16,23H,3-4,11-15,17H2,1-2H3,(H,25,28)/t23-/m0/s1. The molecule has 0 unspecified atom stereocenters.